The molecule has 0 aromatic carbocycles. The van der Waals surface area contributed by atoms with E-state index in [2.05, 4.69) is 36.0 Å². The van der Waals surface area contributed by atoms with Crippen molar-refractivity contribution >= 4 is 12.4 Å². The molecule has 0 fully saturated rings. The van der Waals surface area contributed by atoms with E-state index in [-0.39, 0.29) is 12.4 Å². The molecule has 1 rings (SSSR count). The first-order chi connectivity index (χ1) is 9.86. The first-order valence-electron chi connectivity index (χ1n) is 9.03. The highest BCUT2D eigenvalue weighted by molar-refractivity contribution is 5.85. The third-order valence-electron chi connectivity index (χ3n) is 4.31. The van der Waals surface area contributed by atoms with E-state index in [1.165, 1.54) is 77.2 Å². The van der Waals surface area contributed by atoms with Gasteiger partial charge in [0.2, 0.25) is 0 Å². The number of rotatable bonds is 13. The minimum atomic E-state index is 0. The predicted molar refractivity (Wildman–Crippen MR) is 96.8 cm³/mol. The Kier molecular flexibility index (Phi) is 14.3. The lowest BCUT2D eigenvalue weighted by Crippen LogP contribution is -2.25. The summed E-state index contributed by atoms with van der Waals surface area (Å²) in [6.45, 7) is 7.98. The molecule has 0 spiro atoms. The maximum atomic E-state index is 2.44. The lowest BCUT2D eigenvalue weighted by atomic mass is 10.1. The Morgan fingerprint density at radius 1 is 0.667 bits per heavy atom. The molecule has 0 atom stereocenters. The Morgan fingerprint density at radius 2 is 1.14 bits per heavy atom. The van der Waals surface area contributed by atoms with Crippen molar-refractivity contribution in [2.75, 3.05) is 19.8 Å². The fourth-order valence-electron chi connectivity index (χ4n) is 2.85. The molecule has 0 N–H and O–H groups in total. The van der Waals surface area contributed by atoms with Gasteiger partial charge in [0, 0.05) is 25.5 Å². The molecular formula is C18H37ClN2. The van der Waals surface area contributed by atoms with Gasteiger partial charge in [-0.15, -0.1) is 12.4 Å². The van der Waals surface area contributed by atoms with Crippen LogP contribution in [0.25, 0.3) is 0 Å². The molecule has 2 nitrogen and oxygen atoms in total. The largest absolute Gasteiger partial charge is 0.359 e. The van der Waals surface area contributed by atoms with Crippen LogP contribution in [0.1, 0.15) is 84.5 Å². The Morgan fingerprint density at radius 3 is 1.62 bits per heavy atom. The summed E-state index contributed by atoms with van der Waals surface area (Å²) in [4.78, 5) is 4.80. The monoisotopic (exact) mass is 316 g/mol. The number of unbranched alkanes of at least 4 members (excludes halogenated alkanes) is 10. The number of halogens is 1. The molecule has 0 amide bonds. The van der Waals surface area contributed by atoms with Gasteiger partial charge in [-0.3, -0.25) is 0 Å². The lowest BCUT2D eigenvalue weighted by molar-refractivity contribution is 0.268. The molecule has 1 heterocycles. The Balaban J connectivity index is 0.00000400. The van der Waals surface area contributed by atoms with Crippen molar-refractivity contribution in [3.8, 4) is 0 Å². The topological polar surface area (TPSA) is 6.48 Å². The van der Waals surface area contributed by atoms with Crippen molar-refractivity contribution < 1.29 is 0 Å². The van der Waals surface area contributed by atoms with E-state index in [1.807, 2.05) is 0 Å². The summed E-state index contributed by atoms with van der Waals surface area (Å²) in [5.41, 5.74) is 0. The fourth-order valence-corrected chi connectivity index (χ4v) is 2.85. The standard InChI is InChI=1S/C18H36N2.ClH/c1-3-5-6-7-8-9-10-11-12-13-14-15-20-17-16-19(4-2)18-20;/h16-17H,3-15,18H2,1-2H3;1H. The summed E-state index contributed by atoms with van der Waals surface area (Å²) < 4.78 is 0. The average Bonchev–Trinajstić information content (AvgIpc) is 2.93. The number of hydrogen-bond acceptors (Lipinski definition) is 2. The highest BCUT2D eigenvalue weighted by Crippen LogP contribution is 2.12. The zero-order valence-electron chi connectivity index (χ0n) is 14.4. The summed E-state index contributed by atoms with van der Waals surface area (Å²) in [5, 5.41) is 0. The van der Waals surface area contributed by atoms with Crippen LogP contribution in [-0.4, -0.2) is 29.6 Å². The van der Waals surface area contributed by atoms with E-state index in [9.17, 15) is 0 Å². The van der Waals surface area contributed by atoms with Crippen molar-refractivity contribution in [1.29, 1.82) is 0 Å². The molecule has 126 valence electrons. The SMILES string of the molecule is CCCCCCCCCCCCCN1C=CN(CC)C1.Cl. The molecule has 0 aromatic rings. The molecule has 0 aliphatic carbocycles. The molecule has 0 saturated carbocycles. The Bertz CT molecular complexity index is 243. The summed E-state index contributed by atoms with van der Waals surface area (Å²) in [6.07, 6.45) is 20.2. The van der Waals surface area contributed by atoms with Gasteiger partial charge in [0.15, 0.2) is 0 Å². The van der Waals surface area contributed by atoms with Gasteiger partial charge in [0.1, 0.15) is 0 Å². The van der Waals surface area contributed by atoms with Gasteiger partial charge in [-0.05, 0) is 13.3 Å². The van der Waals surface area contributed by atoms with Crippen LogP contribution in [0.4, 0.5) is 0 Å². The van der Waals surface area contributed by atoms with E-state index in [4.69, 9.17) is 0 Å². The van der Waals surface area contributed by atoms with Gasteiger partial charge < -0.3 is 9.80 Å². The predicted octanol–water partition coefficient (Wildman–Crippen LogP) is 5.79. The molecule has 21 heavy (non-hydrogen) atoms. The van der Waals surface area contributed by atoms with Crippen LogP contribution in [-0.2, 0) is 0 Å². The molecule has 1 aliphatic heterocycles. The third-order valence-corrected chi connectivity index (χ3v) is 4.31. The number of nitrogens with zero attached hydrogens (tertiary/aromatic N) is 2. The zero-order valence-corrected chi connectivity index (χ0v) is 15.2. The van der Waals surface area contributed by atoms with Crippen LogP contribution in [0.2, 0.25) is 0 Å². The van der Waals surface area contributed by atoms with Crippen LogP contribution >= 0.6 is 12.4 Å². The first-order valence-corrected chi connectivity index (χ1v) is 9.03. The Hall–Kier alpha value is -0.370. The van der Waals surface area contributed by atoms with Crippen molar-refractivity contribution in [1.82, 2.24) is 9.80 Å². The van der Waals surface area contributed by atoms with Gasteiger partial charge in [0.05, 0.1) is 6.67 Å². The smallest absolute Gasteiger partial charge is 0.0893 e. The fraction of sp³-hybridized carbons (Fsp3) is 0.889. The van der Waals surface area contributed by atoms with Crippen molar-refractivity contribution in [2.45, 2.75) is 84.5 Å². The summed E-state index contributed by atoms with van der Waals surface area (Å²) in [7, 11) is 0. The minimum Gasteiger partial charge on any atom is -0.359 e. The van der Waals surface area contributed by atoms with Crippen molar-refractivity contribution in [2.24, 2.45) is 0 Å². The van der Waals surface area contributed by atoms with Crippen molar-refractivity contribution in [3.63, 3.8) is 0 Å². The molecule has 0 saturated heterocycles. The summed E-state index contributed by atoms with van der Waals surface area (Å²) in [6, 6.07) is 0. The molecule has 0 aromatic heterocycles. The van der Waals surface area contributed by atoms with Crippen LogP contribution in [0.5, 0.6) is 0 Å². The molecule has 3 heteroatoms. The third kappa shape index (κ3) is 10.9. The van der Waals surface area contributed by atoms with Crippen LogP contribution in [0.15, 0.2) is 12.4 Å². The maximum absolute atomic E-state index is 2.44. The summed E-state index contributed by atoms with van der Waals surface area (Å²) >= 11 is 0. The van der Waals surface area contributed by atoms with Crippen LogP contribution in [0.3, 0.4) is 0 Å². The quantitative estimate of drug-likeness (QED) is 0.397. The summed E-state index contributed by atoms with van der Waals surface area (Å²) in [5.74, 6) is 0. The minimum absolute atomic E-state index is 0. The van der Waals surface area contributed by atoms with E-state index in [1.54, 1.807) is 0 Å². The van der Waals surface area contributed by atoms with E-state index in [0.717, 1.165) is 13.2 Å². The highest BCUT2D eigenvalue weighted by atomic mass is 35.5. The average molecular weight is 317 g/mol. The van der Waals surface area contributed by atoms with Crippen molar-refractivity contribution in [3.05, 3.63) is 12.4 Å². The van der Waals surface area contributed by atoms with Gasteiger partial charge in [0.25, 0.3) is 0 Å². The Labute approximate surface area is 139 Å². The lowest BCUT2D eigenvalue weighted by Gasteiger charge is -2.19. The second-order valence-corrected chi connectivity index (χ2v) is 6.19. The van der Waals surface area contributed by atoms with Gasteiger partial charge in [-0.2, -0.15) is 0 Å². The first kappa shape index (κ1) is 20.6. The van der Waals surface area contributed by atoms with E-state index in [0.29, 0.717) is 0 Å². The van der Waals surface area contributed by atoms with Gasteiger partial charge in [-0.1, -0.05) is 71.1 Å². The number of hydrogen-bond donors (Lipinski definition) is 0. The maximum Gasteiger partial charge on any atom is 0.0893 e. The zero-order chi connectivity index (χ0) is 14.5. The van der Waals surface area contributed by atoms with E-state index < -0.39 is 0 Å². The second kappa shape index (κ2) is 14.6. The van der Waals surface area contributed by atoms with Gasteiger partial charge in [-0.25, -0.2) is 0 Å². The second-order valence-electron chi connectivity index (χ2n) is 6.19. The molecule has 0 bridgehead atoms. The van der Waals surface area contributed by atoms with Crippen LogP contribution < -0.4 is 0 Å². The molecule has 0 unspecified atom stereocenters. The molecule has 1 aliphatic rings. The molecule has 0 radical (unpaired) electrons. The molecular weight excluding hydrogens is 280 g/mol. The normalized spacial score (nSPS) is 13.8. The highest BCUT2D eigenvalue weighted by Gasteiger charge is 2.08. The van der Waals surface area contributed by atoms with Crippen LogP contribution in [0, 0.1) is 0 Å². The van der Waals surface area contributed by atoms with E-state index >= 15 is 0 Å². The van der Waals surface area contributed by atoms with Gasteiger partial charge >= 0.3 is 0 Å².